The summed E-state index contributed by atoms with van der Waals surface area (Å²) in [6.45, 7) is 3.75. The van der Waals surface area contributed by atoms with Gasteiger partial charge in [0.2, 0.25) is 5.91 Å². The number of aromatic nitrogens is 2. The first-order valence-corrected chi connectivity index (χ1v) is 9.04. The zero-order valence-electron chi connectivity index (χ0n) is 14.4. The van der Waals surface area contributed by atoms with Gasteiger partial charge in [-0.15, -0.1) is 0 Å². The topological polar surface area (TPSA) is 84.2 Å². The summed E-state index contributed by atoms with van der Waals surface area (Å²) in [4.78, 5) is 23.1. The number of aliphatic carboxylic acids is 1. The van der Waals surface area contributed by atoms with Crippen molar-refractivity contribution in [3.8, 4) is 5.69 Å². The molecule has 1 aliphatic rings. The van der Waals surface area contributed by atoms with Crippen LogP contribution in [-0.2, 0) is 16.0 Å². The Morgan fingerprint density at radius 1 is 1.27 bits per heavy atom. The van der Waals surface area contributed by atoms with Crippen LogP contribution in [0, 0.1) is 19.8 Å². The Kier molecular flexibility index (Phi) is 5.25. The third kappa shape index (κ3) is 3.71. The van der Waals surface area contributed by atoms with Crippen LogP contribution in [0.2, 0.25) is 10.0 Å². The summed E-state index contributed by atoms with van der Waals surface area (Å²) in [7, 11) is 0. The molecule has 138 valence electrons. The predicted molar refractivity (Wildman–Crippen MR) is 99.1 cm³/mol. The van der Waals surface area contributed by atoms with Crippen molar-refractivity contribution < 1.29 is 14.7 Å². The highest BCUT2D eigenvalue weighted by Crippen LogP contribution is 2.28. The SMILES string of the molecule is Cc1nn(-c2ccc(Cl)c(Cl)c2)c(C)c1CC(=O)NC1CC(C(=O)O)C1. The van der Waals surface area contributed by atoms with Gasteiger partial charge >= 0.3 is 5.97 Å². The Morgan fingerprint density at radius 3 is 2.58 bits per heavy atom. The van der Waals surface area contributed by atoms with Crippen molar-refractivity contribution in [1.29, 1.82) is 0 Å². The smallest absolute Gasteiger partial charge is 0.306 e. The summed E-state index contributed by atoms with van der Waals surface area (Å²) < 4.78 is 1.74. The fourth-order valence-corrected chi connectivity index (χ4v) is 3.47. The lowest BCUT2D eigenvalue weighted by atomic mass is 9.80. The van der Waals surface area contributed by atoms with Crippen molar-refractivity contribution in [2.75, 3.05) is 0 Å². The summed E-state index contributed by atoms with van der Waals surface area (Å²) >= 11 is 12.0. The molecular weight excluding hydrogens is 377 g/mol. The Bertz CT molecular complexity index is 873. The third-order valence-electron chi connectivity index (χ3n) is 4.78. The molecule has 1 amide bonds. The molecule has 0 saturated heterocycles. The molecule has 1 aromatic carbocycles. The molecule has 1 fully saturated rings. The average Bonchev–Trinajstić information content (AvgIpc) is 2.81. The van der Waals surface area contributed by atoms with E-state index in [1.807, 2.05) is 19.9 Å². The summed E-state index contributed by atoms with van der Waals surface area (Å²) in [6.07, 6.45) is 1.18. The van der Waals surface area contributed by atoms with Gasteiger partial charge in [-0.3, -0.25) is 9.59 Å². The van der Waals surface area contributed by atoms with E-state index < -0.39 is 5.97 Å². The molecule has 8 heteroatoms. The lowest BCUT2D eigenvalue weighted by Gasteiger charge is -2.32. The van der Waals surface area contributed by atoms with Crippen LogP contribution in [0.25, 0.3) is 5.69 Å². The van der Waals surface area contributed by atoms with E-state index >= 15 is 0 Å². The summed E-state index contributed by atoms with van der Waals surface area (Å²) in [5.74, 6) is -1.27. The minimum atomic E-state index is -0.801. The first-order chi connectivity index (χ1) is 12.3. The number of hydrogen-bond acceptors (Lipinski definition) is 3. The molecule has 1 saturated carbocycles. The van der Waals surface area contributed by atoms with Gasteiger partial charge in [0.25, 0.3) is 0 Å². The molecule has 2 aromatic rings. The molecule has 0 aliphatic heterocycles. The Morgan fingerprint density at radius 2 is 1.96 bits per heavy atom. The van der Waals surface area contributed by atoms with Gasteiger partial charge in [0.15, 0.2) is 0 Å². The van der Waals surface area contributed by atoms with E-state index in [2.05, 4.69) is 10.4 Å². The lowest BCUT2D eigenvalue weighted by molar-refractivity contribution is -0.146. The largest absolute Gasteiger partial charge is 0.481 e. The van der Waals surface area contributed by atoms with Gasteiger partial charge in [-0.1, -0.05) is 23.2 Å². The van der Waals surface area contributed by atoms with Crippen LogP contribution in [0.15, 0.2) is 18.2 Å². The molecule has 1 aromatic heterocycles. The highest BCUT2D eigenvalue weighted by Gasteiger charge is 2.35. The molecular formula is C18H19Cl2N3O3. The maximum Gasteiger partial charge on any atom is 0.306 e. The molecule has 0 unspecified atom stereocenters. The number of hydrogen-bond donors (Lipinski definition) is 2. The van der Waals surface area contributed by atoms with Gasteiger partial charge in [0.05, 0.1) is 33.8 Å². The minimum Gasteiger partial charge on any atom is -0.481 e. The summed E-state index contributed by atoms with van der Waals surface area (Å²) in [6, 6.07) is 5.19. The number of amides is 1. The number of nitrogens with one attached hydrogen (secondary N) is 1. The maximum absolute atomic E-state index is 12.3. The minimum absolute atomic E-state index is 0.0608. The molecule has 1 aliphatic carbocycles. The van der Waals surface area contributed by atoms with Gasteiger partial charge in [-0.05, 0) is 44.9 Å². The number of halogens is 2. The number of carboxylic acids is 1. The van der Waals surface area contributed by atoms with E-state index in [0.717, 1.165) is 22.6 Å². The first-order valence-electron chi connectivity index (χ1n) is 8.29. The first kappa shape index (κ1) is 18.7. The molecule has 3 rings (SSSR count). The van der Waals surface area contributed by atoms with Crippen molar-refractivity contribution in [3.05, 3.63) is 45.2 Å². The second-order valence-electron chi connectivity index (χ2n) is 6.61. The van der Waals surface area contributed by atoms with Crippen LogP contribution in [0.3, 0.4) is 0 Å². The second kappa shape index (κ2) is 7.29. The van der Waals surface area contributed by atoms with Crippen molar-refractivity contribution in [2.45, 2.75) is 39.2 Å². The van der Waals surface area contributed by atoms with E-state index in [1.165, 1.54) is 0 Å². The zero-order chi connectivity index (χ0) is 19.0. The zero-order valence-corrected chi connectivity index (χ0v) is 15.9. The van der Waals surface area contributed by atoms with E-state index in [-0.39, 0.29) is 24.3 Å². The Hall–Kier alpha value is -2.05. The monoisotopic (exact) mass is 395 g/mol. The normalized spacial score (nSPS) is 19.1. The average molecular weight is 396 g/mol. The van der Waals surface area contributed by atoms with Gasteiger partial charge in [-0.2, -0.15) is 5.10 Å². The van der Waals surface area contributed by atoms with Gasteiger partial charge in [-0.25, -0.2) is 4.68 Å². The molecule has 26 heavy (non-hydrogen) atoms. The van der Waals surface area contributed by atoms with Gasteiger partial charge < -0.3 is 10.4 Å². The number of carboxylic acid groups (broad SMARTS) is 1. The van der Waals surface area contributed by atoms with E-state index in [0.29, 0.717) is 22.9 Å². The number of carbonyl (C=O) groups excluding carboxylic acids is 1. The number of carbonyl (C=O) groups is 2. The van der Waals surface area contributed by atoms with Crippen LogP contribution in [0.4, 0.5) is 0 Å². The highest BCUT2D eigenvalue weighted by atomic mass is 35.5. The summed E-state index contributed by atoms with van der Waals surface area (Å²) in [5, 5.41) is 17.2. The van der Waals surface area contributed by atoms with Crippen LogP contribution in [-0.4, -0.2) is 32.8 Å². The molecule has 0 bridgehead atoms. The van der Waals surface area contributed by atoms with Crippen molar-refractivity contribution >= 4 is 35.1 Å². The third-order valence-corrected chi connectivity index (χ3v) is 5.52. The molecule has 0 radical (unpaired) electrons. The van der Waals surface area contributed by atoms with Crippen LogP contribution < -0.4 is 5.32 Å². The van der Waals surface area contributed by atoms with Gasteiger partial charge in [0, 0.05) is 17.3 Å². The molecule has 6 nitrogen and oxygen atoms in total. The molecule has 0 atom stereocenters. The van der Waals surface area contributed by atoms with Crippen molar-refractivity contribution in [3.63, 3.8) is 0 Å². The van der Waals surface area contributed by atoms with Crippen molar-refractivity contribution in [1.82, 2.24) is 15.1 Å². The maximum atomic E-state index is 12.3. The second-order valence-corrected chi connectivity index (χ2v) is 7.42. The number of nitrogens with zero attached hydrogens (tertiary/aromatic N) is 2. The van der Waals surface area contributed by atoms with E-state index in [1.54, 1.807) is 16.8 Å². The number of aryl methyl sites for hydroxylation is 1. The molecule has 2 N–H and O–H groups in total. The molecule has 1 heterocycles. The van der Waals surface area contributed by atoms with Crippen LogP contribution >= 0.6 is 23.2 Å². The van der Waals surface area contributed by atoms with E-state index in [9.17, 15) is 9.59 Å². The Labute approximate surface area is 161 Å². The number of rotatable bonds is 5. The van der Waals surface area contributed by atoms with Gasteiger partial charge in [0.1, 0.15) is 0 Å². The van der Waals surface area contributed by atoms with E-state index in [4.69, 9.17) is 28.3 Å². The van der Waals surface area contributed by atoms with Crippen molar-refractivity contribution in [2.24, 2.45) is 5.92 Å². The van der Waals surface area contributed by atoms with Crippen LogP contribution in [0.5, 0.6) is 0 Å². The fourth-order valence-electron chi connectivity index (χ4n) is 3.18. The standard InChI is InChI=1S/C18H19Cl2N3O3/c1-9-14(8-17(24)21-12-5-11(6-12)18(25)26)10(2)23(22-9)13-3-4-15(19)16(20)7-13/h3-4,7,11-12H,5-6,8H2,1-2H3,(H,21,24)(H,25,26). The van der Waals surface area contributed by atoms with Crippen LogP contribution in [0.1, 0.15) is 29.8 Å². The fraction of sp³-hybridized carbons (Fsp3) is 0.389. The Balaban J connectivity index is 1.71. The number of benzene rings is 1. The predicted octanol–water partition coefficient (Wildman–Crippen LogP) is 3.32. The highest BCUT2D eigenvalue weighted by molar-refractivity contribution is 6.42. The summed E-state index contributed by atoms with van der Waals surface area (Å²) in [5.41, 5.74) is 3.24. The lowest BCUT2D eigenvalue weighted by Crippen LogP contribution is -2.47. The quantitative estimate of drug-likeness (QED) is 0.812. The molecule has 0 spiro atoms.